The van der Waals surface area contributed by atoms with Crippen LogP contribution in [0.15, 0.2) is 54.6 Å². The second-order valence-corrected chi connectivity index (χ2v) is 8.44. The second kappa shape index (κ2) is 6.58. The molecule has 2 rings (SSSR count). The predicted octanol–water partition coefficient (Wildman–Crippen LogP) is 4.96. The van der Waals surface area contributed by atoms with Gasteiger partial charge >= 0.3 is 0 Å². The maximum atomic E-state index is 11.1. The van der Waals surface area contributed by atoms with Crippen LogP contribution in [0.1, 0.15) is 52.7 Å². The fraction of sp³-hybridized carbons (Fsp3) is 0.391. The molecule has 2 heteroatoms. The fourth-order valence-corrected chi connectivity index (χ4v) is 3.65. The van der Waals surface area contributed by atoms with E-state index < -0.39 is 5.60 Å². The zero-order valence-electron chi connectivity index (χ0n) is 16.2. The summed E-state index contributed by atoms with van der Waals surface area (Å²) in [5.41, 5.74) is 1.04. The van der Waals surface area contributed by atoms with Crippen molar-refractivity contribution in [3.63, 3.8) is 0 Å². The Bertz CT molecular complexity index is 728. The summed E-state index contributed by atoms with van der Waals surface area (Å²) < 4.78 is 0. The number of anilines is 1. The fourth-order valence-electron chi connectivity index (χ4n) is 3.65. The van der Waals surface area contributed by atoms with Crippen molar-refractivity contribution in [2.75, 3.05) is 4.90 Å². The Kier molecular flexibility index (Phi) is 5.02. The maximum absolute atomic E-state index is 11.1. The third-order valence-electron chi connectivity index (χ3n) is 4.29. The highest BCUT2D eigenvalue weighted by Crippen LogP contribution is 2.35. The molecule has 0 heterocycles. The van der Waals surface area contributed by atoms with E-state index >= 15 is 0 Å². The SMILES string of the molecule is C#CC(O)(c1ccccc1)c1ccc(N(C(C)(C)C)C(C)(C)C)cc1. The van der Waals surface area contributed by atoms with Gasteiger partial charge < -0.3 is 10.0 Å². The lowest BCUT2D eigenvalue weighted by Gasteiger charge is -2.47. The van der Waals surface area contributed by atoms with Gasteiger partial charge in [0.2, 0.25) is 0 Å². The standard InChI is InChI=1S/C23H29NO/c1-8-23(25,18-12-10-9-11-13-18)19-14-16-20(17-15-19)24(21(2,3)4)22(5,6)7/h1,9-17,25H,2-7H3. The molecule has 0 aliphatic rings. The number of nitrogens with zero attached hydrogens (tertiary/aromatic N) is 1. The quantitative estimate of drug-likeness (QED) is 0.802. The van der Waals surface area contributed by atoms with Crippen molar-refractivity contribution in [2.45, 2.75) is 58.2 Å². The first-order valence-corrected chi connectivity index (χ1v) is 8.67. The van der Waals surface area contributed by atoms with Gasteiger partial charge in [-0.1, -0.05) is 48.4 Å². The summed E-state index contributed by atoms with van der Waals surface area (Å²) in [5.74, 6) is 2.56. The second-order valence-electron chi connectivity index (χ2n) is 8.44. The summed E-state index contributed by atoms with van der Waals surface area (Å²) >= 11 is 0. The van der Waals surface area contributed by atoms with Crippen molar-refractivity contribution in [2.24, 2.45) is 0 Å². The highest BCUT2D eigenvalue weighted by atomic mass is 16.3. The molecule has 0 saturated heterocycles. The van der Waals surface area contributed by atoms with E-state index in [4.69, 9.17) is 6.42 Å². The molecule has 0 fully saturated rings. The van der Waals surface area contributed by atoms with Gasteiger partial charge in [-0.15, -0.1) is 6.42 Å². The zero-order valence-corrected chi connectivity index (χ0v) is 16.2. The molecule has 0 saturated carbocycles. The van der Waals surface area contributed by atoms with Gasteiger partial charge in [0.15, 0.2) is 5.60 Å². The van der Waals surface area contributed by atoms with Crippen LogP contribution < -0.4 is 4.90 Å². The number of rotatable bonds is 3. The average molecular weight is 335 g/mol. The Balaban J connectivity index is 2.47. The zero-order chi connectivity index (χ0) is 18.9. The molecular weight excluding hydrogens is 306 g/mol. The van der Waals surface area contributed by atoms with E-state index in [0.717, 1.165) is 5.69 Å². The lowest BCUT2D eigenvalue weighted by atomic mass is 9.86. The number of terminal acetylenes is 1. The topological polar surface area (TPSA) is 23.5 Å². The number of aliphatic hydroxyl groups is 1. The molecule has 2 aromatic carbocycles. The Morgan fingerprint density at radius 3 is 1.60 bits per heavy atom. The van der Waals surface area contributed by atoms with Crippen LogP contribution in [0.4, 0.5) is 5.69 Å². The van der Waals surface area contributed by atoms with Gasteiger partial charge in [-0.25, -0.2) is 0 Å². The first-order chi connectivity index (χ1) is 11.5. The monoisotopic (exact) mass is 335 g/mol. The van der Waals surface area contributed by atoms with Gasteiger partial charge in [0.25, 0.3) is 0 Å². The molecule has 2 aromatic rings. The molecule has 1 unspecified atom stereocenters. The first-order valence-electron chi connectivity index (χ1n) is 8.67. The van der Waals surface area contributed by atoms with Gasteiger partial charge in [-0.2, -0.15) is 0 Å². The Morgan fingerprint density at radius 1 is 0.760 bits per heavy atom. The molecular formula is C23H29NO. The number of hydrogen-bond donors (Lipinski definition) is 1. The summed E-state index contributed by atoms with van der Waals surface area (Å²) in [6.07, 6.45) is 5.70. The van der Waals surface area contributed by atoms with E-state index in [1.165, 1.54) is 0 Å². The minimum absolute atomic E-state index is 0.0262. The molecule has 0 spiro atoms. The average Bonchev–Trinajstić information content (AvgIpc) is 2.53. The van der Waals surface area contributed by atoms with Crippen LogP contribution in [-0.4, -0.2) is 16.2 Å². The molecule has 0 amide bonds. The van der Waals surface area contributed by atoms with E-state index in [1.54, 1.807) is 0 Å². The number of hydrogen-bond acceptors (Lipinski definition) is 2. The van der Waals surface area contributed by atoms with E-state index in [9.17, 15) is 5.11 Å². The van der Waals surface area contributed by atoms with Crippen molar-refractivity contribution in [3.05, 3.63) is 65.7 Å². The lowest BCUT2D eigenvalue weighted by molar-refractivity contribution is 0.145. The van der Waals surface area contributed by atoms with Gasteiger partial charge in [0, 0.05) is 27.9 Å². The maximum Gasteiger partial charge on any atom is 0.176 e. The molecule has 25 heavy (non-hydrogen) atoms. The van der Waals surface area contributed by atoms with Crippen molar-refractivity contribution in [1.82, 2.24) is 0 Å². The Labute approximate surface area is 152 Å². The van der Waals surface area contributed by atoms with E-state index in [2.05, 4.69) is 52.4 Å². The van der Waals surface area contributed by atoms with E-state index in [-0.39, 0.29) is 11.1 Å². The molecule has 132 valence electrons. The molecule has 2 nitrogen and oxygen atoms in total. The van der Waals surface area contributed by atoms with Crippen LogP contribution in [0.2, 0.25) is 0 Å². The van der Waals surface area contributed by atoms with Crippen molar-refractivity contribution in [3.8, 4) is 12.3 Å². The Morgan fingerprint density at radius 2 is 1.20 bits per heavy atom. The summed E-state index contributed by atoms with van der Waals surface area (Å²) in [7, 11) is 0. The third kappa shape index (κ3) is 3.89. The van der Waals surface area contributed by atoms with E-state index in [1.807, 2.05) is 54.6 Å². The normalized spacial score (nSPS) is 14.5. The van der Waals surface area contributed by atoms with Crippen LogP contribution in [0.25, 0.3) is 0 Å². The molecule has 1 N–H and O–H groups in total. The van der Waals surface area contributed by atoms with Crippen LogP contribution in [0.3, 0.4) is 0 Å². The minimum atomic E-state index is -1.42. The summed E-state index contributed by atoms with van der Waals surface area (Å²) in [6, 6.07) is 17.3. The Hall–Kier alpha value is -2.24. The molecule has 1 atom stereocenters. The van der Waals surface area contributed by atoms with Gasteiger partial charge in [0.1, 0.15) is 0 Å². The van der Waals surface area contributed by atoms with Crippen molar-refractivity contribution >= 4 is 5.69 Å². The number of benzene rings is 2. The van der Waals surface area contributed by atoms with Crippen LogP contribution >= 0.6 is 0 Å². The minimum Gasteiger partial charge on any atom is -0.369 e. The predicted molar refractivity (Wildman–Crippen MR) is 107 cm³/mol. The molecule has 0 radical (unpaired) electrons. The molecule has 0 aliphatic heterocycles. The third-order valence-corrected chi connectivity index (χ3v) is 4.29. The van der Waals surface area contributed by atoms with Crippen LogP contribution in [-0.2, 0) is 5.60 Å². The first kappa shape index (κ1) is 19.1. The highest BCUT2D eigenvalue weighted by molar-refractivity contribution is 5.55. The van der Waals surface area contributed by atoms with Crippen molar-refractivity contribution in [1.29, 1.82) is 0 Å². The largest absolute Gasteiger partial charge is 0.369 e. The van der Waals surface area contributed by atoms with Gasteiger partial charge in [-0.3, -0.25) is 0 Å². The van der Waals surface area contributed by atoms with Crippen molar-refractivity contribution < 1.29 is 5.11 Å². The summed E-state index contributed by atoms with van der Waals surface area (Å²) in [4.78, 5) is 2.38. The smallest absolute Gasteiger partial charge is 0.176 e. The van der Waals surface area contributed by atoms with Crippen LogP contribution in [0, 0.1) is 12.3 Å². The van der Waals surface area contributed by atoms with Gasteiger partial charge in [-0.05, 0) is 53.7 Å². The highest BCUT2D eigenvalue weighted by Gasteiger charge is 2.33. The van der Waals surface area contributed by atoms with Gasteiger partial charge in [0.05, 0.1) is 0 Å². The molecule has 0 bridgehead atoms. The molecule has 0 aromatic heterocycles. The summed E-state index contributed by atoms with van der Waals surface area (Å²) in [6.45, 7) is 13.2. The van der Waals surface area contributed by atoms with E-state index in [0.29, 0.717) is 11.1 Å². The van der Waals surface area contributed by atoms with Crippen LogP contribution in [0.5, 0.6) is 0 Å². The summed E-state index contributed by atoms with van der Waals surface area (Å²) in [5, 5.41) is 11.1. The molecule has 0 aliphatic carbocycles. The lowest BCUT2D eigenvalue weighted by Crippen LogP contribution is -2.53.